The van der Waals surface area contributed by atoms with Crippen LogP contribution in [-0.4, -0.2) is 35.7 Å². The van der Waals surface area contributed by atoms with E-state index in [0.29, 0.717) is 5.92 Å². The second kappa shape index (κ2) is 6.84. The smallest absolute Gasteiger partial charge is 0.240 e. The Balaban J connectivity index is 1.82. The van der Waals surface area contributed by atoms with Crippen molar-refractivity contribution in [2.75, 3.05) is 18.8 Å². The number of hydrogen-bond acceptors (Lipinski definition) is 3. The normalized spacial score (nSPS) is 20.6. The Bertz CT molecular complexity index is 469. The molecule has 2 atom stereocenters. The van der Waals surface area contributed by atoms with E-state index in [1.807, 2.05) is 43.5 Å². The van der Waals surface area contributed by atoms with E-state index in [1.165, 1.54) is 4.90 Å². The monoisotopic (exact) mass is 306 g/mol. The van der Waals surface area contributed by atoms with E-state index in [0.717, 1.165) is 25.3 Å². The highest BCUT2D eigenvalue weighted by molar-refractivity contribution is 7.99. The van der Waals surface area contributed by atoms with Crippen molar-refractivity contribution in [3.8, 4) is 0 Å². The molecule has 3 nitrogen and oxygen atoms in total. The van der Waals surface area contributed by atoms with Crippen LogP contribution in [0.15, 0.2) is 35.2 Å². The summed E-state index contributed by atoms with van der Waals surface area (Å²) >= 11 is 1.88. The van der Waals surface area contributed by atoms with Gasteiger partial charge in [-0.2, -0.15) is 0 Å². The number of nitrogens with two attached hydrogens (primary N) is 1. The van der Waals surface area contributed by atoms with E-state index in [1.54, 1.807) is 0 Å². The first kappa shape index (κ1) is 16.4. The van der Waals surface area contributed by atoms with Crippen molar-refractivity contribution in [1.82, 2.24) is 4.90 Å². The van der Waals surface area contributed by atoms with Crippen LogP contribution < -0.4 is 5.73 Å². The molecule has 1 saturated heterocycles. The molecular formula is C17H26N2OS. The third kappa shape index (κ3) is 4.48. The number of rotatable bonds is 4. The summed E-state index contributed by atoms with van der Waals surface area (Å²) in [5.74, 6) is 1.75. The average Bonchev–Trinajstić information content (AvgIpc) is 2.92. The van der Waals surface area contributed by atoms with Crippen molar-refractivity contribution in [2.45, 2.75) is 38.1 Å². The van der Waals surface area contributed by atoms with Crippen molar-refractivity contribution < 1.29 is 4.79 Å². The van der Waals surface area contributed by atoms with E-state index in [4.69, 9.17) is 5.73 Å². The lowest BCUT2D eigenvalue weighted by molar-refractivity contribution is -0.134. The first-order valence-corrected chi connectivity index (χ1v) is 8.58. The molecule has 0 bridgehead atoms. The number of thioether (sulfide) groups is 1. The largest absolute Gasteiger partial charge is 0.341 e. The molecule has 2 N–H and O–H groups in total. The molecule has 1 aromatic rings. The highest BCUT2D eigenvalue weighted by Crippen LogP contribution is 2.27. The first-order valence-electron chi connectivity index (χ1n) is 7.60. The van der Waals surface area contributed by atoms with Gasteiger partial charge in [-0.1, -0.05) is 39.0 Å². The van der Waals surface area contributed by atoms with Gasteiger partial charge in [-0.25, -0.2) is 0 Å². The van der Waals surface area contributed by atoms with Gasteiger partial charge in [-0.05, 0) is 29.9 Å². The maximum atomic E-state index is 12.4. The van der Waals surface area contributed by atoms with E-state index in [2.05, 4.69) is 24.3 Å². The lowest BCUT2D eigenvalue weighted by Gasteiger charge is -2.30. The van der Waals surface area contributed by atoms with Crippen LogP contribution in [0.1, 0.15) is 27.2 Å². The van der Waals surface area contributed by atoms with Crippen molar-refractivity contribution in [3.63, 3.8) is 0 Å². The van der Waals surface area contributed by atoms with Crippen LogP contribution >= 0.6 is 11.8 Å². The molecule has 4 heteroatoms. The highest BCUT2D eigenvalue weighted by atomic mass is 32.2. The molecule has 0 aromatic heterocycles. The van der Waals surface area contributed by atoms with Crippen LogP contribution in [-0.2, 0) is 4.79 Å². The highest BCUT2D eigenvalue weighted by Gasteiger charge is 2.34. The summed E-state index contributed by atoms with van der Waals surface area (Å²) in [5, 5.41) is 0. The number of carbonyl (C=O) groups is 1. The summed E-state index contributed by atoms with van der Waals surface area (Å²) in [6.45, 7) is 7.77. The van der Waals surface area contributed by atoms with Gasteiger partial charge in [0.1, 0.15) is 0 Å². The number of benzene rings is 1. The summed E-state index contributed by atoms with van der Waals surface area (Å²) in [6.07, 6.45) is 1.09. The third-order valence-corrected chi connectivity index (χ3v) is 5.27. The lowest BCUT2D eigenvalue weighted by Crippen LogP contribution is -2.49. The van der Waals surface area contributed by atoms with Crippen LogP contribution in [0.4, 0.5) is 0 Å². The summed E-state index contributed by atoms with van der Waals surface area (Å²) in [5.41, 5.74) is 5.92. The number of likely N-dealkylation sites (tertiary alicyclic amines) is 1. The fraction of sp³-hybridized carbons (Fsp3) is 0.588. The fourth-order valence-electron chi connectivity index (χ4n) is 2.47. The Hall–Kier alpha value is -1.00. The maximum Gasteiger partial charge on any atom is 0.240 e. The number of hydrogen-bond donors (Lipinski definition) is 1. The van der Waals surface area contributed by atoms with Crippen LogP contribution in [0.3, 0.4) is 0 Å². The zero-order valence-corrected chi connectivity index (χ0v) is 14.0. The molecular weight excluding hydrogens is 280 g/mol. The molecule has 1 aliphatic heterocycles. The molecule has 0 radical (unpaired) electrons. The minimum atomic E-state index is -0.405. The van der Waals surface area contributed by atoms with E-state index in [-0.39, 0.29) is 11.3 Å². The van der Waals surface area contributed by atoms with Gasteiger partial charge in [0.05, 0.1) is 6.04 Å². The van der Waals surface area contributed by atoms with Crippen molar-refractivity contribution in [1.29, 1.82) is 0 Å². The predicted octanol–water partition coefficient (Wildman–Crippen LogP) is 3.00. The Labute approximate surface area is 132 Å². The summed E-state index contributed by atoms with van der Waals surface area (Å²) < 4.78 is 0. The van der Waals surface area contributed by atoms with Crippen molar-refractivity contribution in [2.24, 2.45) is 17.1 Å². The molecule has 0 aliphatic carbocycles. The summed E-state index contributed by atoms with van der Waals surface area (Å²) in [7, 11) is 0. The van der Waals surface area contributed by atoms with Crippen molar-refractivity contribution >= 4 is 17.7 Å². The quantitative estimate of drug-likeness (QED) is 0.870. The minimum Gasteiger partial charge on any atom is -0.341 e. The van der Waals surface area contributed by atoms with Crippen molar-refractivity contribution in [3.05, 3.63) is 30.3 Å². The molecule has 116 valence electrons. The van der Waals surface area contributed by atoms with Gasteiger partial charge in [0.2, 0.25) is 5.91 Å². The van der Waals surface area contributed by atoms with Crippen LogP contribution in [0, 0.1) is 11.3 Å². The molecule has 1 fully saturated rings. The first-order chi connectivity index (χ1) is 9.88. The van der Waals surface area contributed by atoms with Gasteiger partial charge in [0.25, 0.3) is 0 Å². The molecule has 1 aromatic carbocycles. The standard InChI is InChI=1S/C17H26N2OS/c1-17(2,3)15(18)16(20)19-10-9-13(11-19)12-21-14-7-5-4-6-8-14/h4-8,13,15H,9-12,18H2,1-3H3/t13-,15-/m1/s1. The summed E-state index contributed by atoms with van der Waals surface area (Å²) in [4.78, 5) is 15.7. The SMILES string of the molecule is CC(C)(C)[C@H](N)C(=O)N1CC[C@@H](CSc2ccccc2)C1. The molecule has 21 heavy (non-hydrogen) atoms. The minimum absolute atomic E-state index is 0.106. The van der Waals surface area contributed by atoms with Gasteiger partial charge >= 0.3 is 0 Å². The molecule has 0 spiro atoms. The van der Waals surface area contributed by atoms with Gasteiger partial charge in [-0.15, -0.1) is 11.8 Å². The Morgan fingerprint density at radius 3 is 2.67 bits per heavy atom. The third-order valence-electron chi connectivity index (χ3n) is 4.03. The fourth-order valence-corrected chi connectivity index (χ4v) is 3.52. The molecule has 2 rings (SSSR count). The Kier molecular flexibility index (Phi) is 5.33. The van der Waals surface area contributed by atoms with E-state index < -0.39 is 6.04 Å². The number of amides is 1. The lowest BCUT2D eigenvalue weighted by atomic mass is 9.86. The molecule has 0 unspecified atom stereocenters. The predicted molar refractivity (Wildman–Crippen MR) is 89.3 cm³/mol. The van der Waals surface area contributed by atoms with E-state index in [9.17, 15) is 4.79 Å². The van der Waals surface area contributed by atoms with Gasteiger partial charge in [0, 0.05) is 23.7 Å². The van der Waals surface area contributed by atoms with Gasteiger partial charge in [-0.3, -0.25) is 4.79 Å². The number of carbonyl (C=O) groups excluding carboxylic acids is 1. The molecule has 0 saturated carbocycles. The summed E-state index contributed by atoms with van der Waals surface area (Å²) in [6, 6.07) is 10.0. The van der Waals surface area contributed by atoms with E-state index >= 15 is 0 Å². The molecule has 1 heterocycles. The average molecular weight is 306 g/mol. The second-order valence-electron chi connectivity index (χ2n) is 6.91. The van der Waals surface area contributed by atoms with Crippen LogP contribution in [0.5, 0.6) is 0 Å². The number of nitrogens with zero attached hydrogens (tertiary/aromatic N) is 1. The topological polar surface area (TPSA) is 46.3 Å². The van der Waals surface area contributed by atoms with Gasteiger partial charge < -0.3 is 10.6 Å². The zero-order valence-electron chi connectivity index (χ0n) is 13.2. The maximum absolute atomic E-state index is 12.4. The molecule has 1 amide bonds. The molecule has 1 aliphatic rings. The van der Waals surface area contributed by atoms with Crippen LogP contribution in [0.2, 0.25) is 0 Å². The van der Waals surface area contributed by atoms with Crippen LogP contribution in [0.25, 0.3) is 0 Å². The zero-order chi connectivity index (χ0) is 15.5. The Morgan fingerprint density at radius 1 is 1.38 bits per heavy atom. The Morgan fingerprint density at radius 2 is 2.05 bits per heavy atom. The van der Waals surface area contributed by atoms with Gasteiger partial charge in [0.15, 0.2) is 0 Å². The second-order valence-corrected chi connectivity index (χ2v) is 8.00.